The first kappa shape index (κ1) is 16.2. The monoisotopic (exact) mass is 355 g/mol. The number of nitrogens with one attached hydrogen (secondary N) is 1. The Labute approximate surface area is 149 Å². The van der Waals surface area contributed by atoms with Crippen molar-refractivity contribution >= 4 is 16.5 Å². The van der Waals surface area contributed by atoms with Crippen molar-refractivity contribution < 1.29 is 9.13 Å². The Kier molecular flexibility index (Phi) is 4.72. The van der Waals surface area contributed by atoms with Gasteiger partial charge in [0.1, 0.15) is 5.82 Å². The number of aromatic nitrogens is 2. The Hall–Kier alpha value is -2.31. The minimum atomic E-state index is -0.237. The van der Waals surface area contributed by atoms with Crippen molar-refractivity contribution in [3.8, 4) is 11.3 Å². The summed E-state index contributed by atoms with van der Waals surface area (Å²) in [6.07, 6.45) is 4.60. The van der Waals surface area contributed by atoms with Gasteiger partial charge in [0.05, 0.1) is 24.9 Å². The van der Waals surface area contributed by atoms with Crippen molar-refractivity contribution in [2.24, 2.45) is 5.92 Å². The summed E-state index contributed by atoms with van der Waals surface area (Å²) >= 11 is 1.56. The van der Waals surface area contributed by atoms with Gasteiger partial charge >= 0.3 is 0 Å². The normalized spacial score (nSPS) is 19.9. The first-order valence-electron chi connectivity index (χ1n) is 8.22. The van der Waals surface area contributed by atoms with E-state index in [1.807, 2.05) is 29.9 Å². The summed E-state index contributed by atoms with van der Waals surface area (Å²) in [5.74, 6) is 0.167. The maximum atomic E-state index is 13.1. The van der Waals surface area contributed by atoms with Crippen LogP contribution in [0.1, 0.15) is 5.56 Å². The minimum absolute atomic E-state index is 0.236. The number of hydrogen-bond donors (Lipinski definition) is 1. The van der Waals surface area contributed by atoms with Gasteiger partial charge in [0, 0.05) is 29.3 Å². The van der Waals surface area contributed by atoms with E-state index in [4.69, 9.17) is 4.74 Å². The molecule has 2 atom stereocenters. The zero-order chi connectivity index (χ0) is 17.1. The van der Waals surface area contributed by atoms with Crippen molar-refractivity contribution in [1.29, 1.82) is 0 Å². The van der Waals surface area contributed by atoms with E-state index in [2.05, 4.69) is 15.3 Å². The molecule has 25 heavy (non-hydrogen) atoms. The fourth-order valence-electron chi connectivity index (χ4n) is 3.03. The van der Waals surface area contributed by atoms with Crippen LogP contribution in [-0.4, -0.2) is 29.2 Å². The number of halogens is 1. The van der Waals surface area contributed by atoms with E-state index < -0.39 is 0 Å². The molecule has 1 N–H and O–H groups in total. The Morgan fingerprint density at radius 1 is 1.12 bits per heavy atom. The van der Waals surface area contributed by atoms with Gasteiger partial charge in [-0.15, -0.1) is 11.3 Å². The molecule has 1 fully saturated rings. The van der Waals surface area contributed by atoms with Crippen LogP contribution in [0, 0.1) is 11.7 Å². The van der Waals surface area contributed by atoms with Crippen LogP contribution < -0.4 is 5.32 Å². The molecule has 0 aliphatic carbocycles. The zero-order valence-corrected chi connectivity index (χ0v) is 14.4. The van der Waals surface area contributed by atoms with Crippen molar-refractivity contribution in [3.63, 3.8) is 0 Å². The van der Waals surface area contributed by atoms with Crippen molar-refractivity contribution in [2.45, 2.75) is 12.5 Å². The summed E-state index contributed by atoms with van der Waals surface area (Å²) in [5, 5.41) is 6.36. The second-order valence-electron chi connectivity index (χ2n) is 6.15. The number of ether oxygens (including phenoxy) is 1. The van der Waals surface area contributed by atoms with Crippen molar-refractivity contribution in [2.75, 3.05) is 18.5 Å². The third kappa shape index (κ3) is 3.86. The summed E-state index contributed by atoms with van der Waals surface area (Å²) < 4.78 is 18.7. The molecule has 3 heterocycles. The second kappa shape index (κ2) is 7.29. The van der Waals surface area contributed by atoms with Crippen LogP contribution in [0.3, 0.4) is 0 Å². The maximum absolute atomic E-state index is 13.1. The third-order valence-electron chi connectivity index (χ3n) is 4.40. The van der Waals surface area contributed by atoms with Crippen LogP contribution in [0.2, 0.25) is 0 Å². The fourth-order valence-corrected chi connectivity index (χ4v) is 3.82. The SMILES string of the molecule is Fc1ccc(-c2csc(N[C@H]3COC[C@H]3Cc3ccncc3)n2)cc1. The van der Waals surface area contributed by atoms with Gasteiger partial charge in [0.15, 0.2) is 5.13 Å². The summed E-state index contributed by atoms with van der Waals surface area (Å²) in [5.41, 5.74) is 3.04. The first-order valence-corrected chi connectivity index (χ1v) is 9.10. The molecular formula is C19H18FN3OS. The van der Waals surface area contributed by atoms with Gasteiger partial charge in [0.25, 0.3) is 0 Å². The lowest BCUT2D eigenvalue weighted by Crippen LogP contribution is -2.29. The predicted molar refractivity (Wildman–Crippen MR) is 97.2 cm³/mol. The number of anilines is 1. The van der Waals surface area contributed by atoms with Crippen molar-refractivity contribution in [1.82, 2.24) is 9.97 Å². The summed E-state index contributed by atoms with van der Waals surface area (Å²) in [4.78, 5) is 8.70. The molecule has 6 heteroatoms. The zero-order valence-electron chi connectivity index (χ0n) is 13.6. The topological polar surface area (TPSA) is 47.0 Å². The van der Waals surface area contributed by atoms with Crippen molar-refractivity contribution in [3.05, 3.63) is 65.6 Å². The molecule has 128 valence electrons. The number of nitrogens with zero attached hydrogens (tertiary/aromatic N) is 2. The van der Waals surface area contributed by atoms with Crippen LogP contribution in [0.15, 0.2) is 54.2 Å². The highest BCUT2D eigenvalue weighted by molar-refractivity contribution is 7.14. The van der Waals surface area contributed by atoms with E-state index in [0.29, 0.717) is 12.5 Å². The van der Waals surface area contributed by atoms with Crippen LogP contribution in [0.5, 0.6) is 0 Å². The standard InChI is InChI=1S/C19H18FN3OS/c20-16-3-1-14(2-4-16)18-12-25-19(23-18)22-17-11-24-10-15(17)9-13-5-7-21-8-6-13/h1-8,12,15,17H,9-11H2,(H,22,23)/t15-,17+/m1/s1. The first-order chi connectivity index (χ1) is 12.3. The molecule has 0 radical (unpaired) electrons. The molecule has 0 bridgehead atoms. The second-order valence-corrected chi connectivity index (χ2v) is 7.01. The molecule has 3 aromatic rings. The Morgan fingerprint density at radius 2 is 1.92 bits per heavy atom. The average molecular weight is 355 g/mol. The Morgan fingerprint density at radius 3 is 2.72 bits per heavy atom. The molecule has 1 aromatic carbocycles. The smallest absolute Gasteiger partial charge is 0.183 e. The number of thiazole rings is 1. The molecule has 4 rings (SSSR count). The van der Waals surface area contributed by atoms with E-state index in [0.717, 1.165) is 29.4 Å². The number of hydrogen-bond acceptors (Lipinski definition) is 5. The molecule has 4 nitrogen and oxygen atoms in total. The summed E-state index contributed by atoms with van der Waals surface area (Å²) in [7, 11) is 0. The molecule has 1 saturated heterocycles. The molecular weight excluding hydrogens is 337 g/mol. The molecule has 0 amide bonds. The Balaban J connectivity index is 1.43. The van der Waals surface area contributed by atoms with E-state index in [1.165, 1.54) is 17.7 Å². The predicted octanol–water partition coefficient (Wildman–Crippen LogP) is 4.01. The quantitative estimate of drug-likeness (QED) is 0.751. The lowest BCUT2D eigenvalue weighted by Gasteiger charge is -2.18. The highest BCUT2D eigenvalue weighted by Gasteiger charge is 2.29. The van der Waals surface area contributed by atoms with Gasteiger partial charge in [0.2, 0.25) is 0 Å². The van der Waals surface area contributed by atoms with Crippen LogP contribution in [0.4, 0.5) is 9.52 Å². The summed E-state index contributed by atoms with van der Waals surface area (Å²) in [6, 6.07) is 10.7. The lowest BCUT2D eigenvalue weighted by molar-refractivity contribution is 0.185. The maximum Gasteiger partial charge on any atom is 0.183 e. The van der Waals surface area contributed by atoms with Gasteiger partial charge in [-0.05, 0) is 48.4 Å². The van der Waals surface area contributed by atoms with E-state index in [1.54, 1.807) is 23.5 Å². The summed E-state index contributed by atoms with van der Waals surface area (Å²) in [6.45, 7) is 1.43. The van der Waals surface area contributed by atoms with Crippen LogP contribution in [0.25, 0.3) is 11.3 Å². The molecule has 0 saturated carbocycles. The molecule has 0 unspecified atom stereocenters. The lowest BCUT2D eigenvalue weighted by atomic mass is 9.95. The largest absolute Gasteiger partial charge is 0.379 e. The molecule has 1 aliphatic rings. The van der Waals surface area contributed by atoms with Crippen LogP contribution >= 0.6 is 11.3 Å². The number of pyridine rings is 1. The molecule has 1 aliphatic heterocycles. The Bertz CT molecular complexity index is 822. The third-order valence-corrected chi connectivity index (χ3v) is 5.17. The van der Waals surface area contributed by atoms with E-state index in [-0.39, 0.29) is 11.9 Å². The highest BCUT2D eigenvalue weighted by atomic mass is 32.1. The number of rotatable bonds is 5. The number of benzene rings is 1. The fraction of sp³-hybridized carbons (Fsp3) is 0.263. The highest BCUT2D eigenvalue weighted by Crippen LogP contribution is 2.28. The average Bonchev–Trinajstić information content (AvgIpc) is 3.27. The van der Waals surface area contributed by atoms with Gasteiger partial charge in [-0.3, -0.25) is 4.98 Å². The van der Waals surface area contributed by atoms with E-state index in [9.17, 15) is 4.39 Å². The van der Waals surface area contributed by atoms with Gasteiger partial charge in [-0.1, -0.05) is 0 Å². The van der Waals surface area contributed by atoms with Gasteiger partial charge in [-0.25, -0.2) is 9.37 Å². The van der Waals surface area contributed by atoms with Gasteiger partial charge in [-0.2, -0.15) is 0 Å². The molecule has 2 aromatic heterocycles. The van der Waals surface area contributed by atoms with Gasteiger partial charge < -0.3 is 10.1 Å². The minimum Gasteiger partial charge on any atom is -0.379 e. The molecule has 0 spiro atoms. The van der Waals surface area contributed by atoms with E-state index >= 15 is 0 Å². The van der Waals surface area contributed by atoms with Crippen LogP contribution in [-0.2, 0) is 11.2 Å².